The summed E-state index contributed by atoms with van der Waals surface area (Å²) >= 11 is 0. The number of nitrogens with one attached hydrogen (secondary N) is 1. The number of rotatable bonds is 3. The van der Waals surface area contributed by atoms with E-state index in [4.69, 9.17) is 10.00 Å². The van der Waals surface area contributed by atoms with Crippen LogP contribution >= 0.6 is 0 Å². The molecule has 2 rings (SSSR count). The number of pyridine rings is 1. The maximum atomic E-state index is 11.7. The number of hydrogen-bond acceptors (Lipinski definition) is 4. The standard InChI is InChI=1S/C14H18N4O2/c1-2-16-14(19)18-7-5-12(6-8-18)20-13-4-3-11(9-15)10-17-13/h3-4,10,12H,2,5-8H2,1H3,(H,16,19). The van der Waals surface area contributed by atoms with Gasteiger partial charge in [-0.25, -0.2) is 9.78 Å². The lowest BCUT2D eigenvalue weighted by Crippen LogP contribution is -2.46. The number of carbonyl (C=O) groups is 1. The molecule has 1 aliphatic heterocycles. The van der Waals surface area contributed by atoms with Crippen molar-refractivity contribution in [3.63, 3.8) is 0 Å². The molecule has 1 aromatic heterocycles. The molecule has 0 radical (unpaired) electrons. The minimum Gasteiger partial charge on any atom is -0.474 e. The van der Waals surface area contributed by atoms with Gasteiger partial charge in [-0.05, 0) is 13.0 Å². The number of amides is 2. The Hall–Kier alpha value is -2.29. The van der Waals surface area contributed by atoms with E-state index in [0.717, 1.165) is 12.8 Å². The maximum absolute atomic E-state index is 11.7. The first-order valence-electron chi connectivity index (χ1n) is 6.78. The molecule has 106 valence electrons. The fourth-order valence-corrected chi connectivity index (χ4v) is 2.13. The first-order valence-corrected chi connectivity index (χ1v) is 6.78. The molecule has 0 aromatic carbocycles. The number of nitrogens with zero attached hydrogens (tertiary/aromatic N) is 3. The molecule has 1 saturated heterocycles. The first-order chi connectivity index (χ1) is 9.72. The van der Waals surface area contributed by atoms with Crippen molar-refractivity contribution in [2.45, 2.75) is 25.9 Å². The second kappa shape index (κ2) is 6.75. The van der Waals surface area contributed by atoms with Crippen LogP contribution < -0.4 is 10.1 Å². The Kier molecular flexibility index (Phi) is 4.77. The molecule has 1 fully saturated rings. The van der Waals surface area contributed by atoms with Crippen molar-refractivity contribution in [3.05, 3.63) is 23.9 Å². The van der Waals surface area contributed by atoms with E-state index in [2.05, 4.69) is 10.3 Å². The molecule has 2 heterocycles. The van der Waals surface area contributed by atoms with Crippen molar-refractivity contribution in [3.8, 4) is 11.9 Å². The number of carbonyl (C=O) groups excluding carboxylic acids is 1. The van der Waals surface area contributed by atoms with Gasteiger partial charge in [-0.3, -0.25) is 0 Å². The highest BCUT2D eigenvalue weighted by Gasteiger charge is 2.23. The van der Waals surface area contributed by atoms with Gasteiger partial charge in [0, 0.05) is 44.7 Å². The summed E-state index contributed by atoms with van der Waals surface area (Å²) in [5.74, 6) is 0.528. The highest BCUT2D eigenvalue weighted by molar-refractivity contribution is 5.74. The van der Waals surface area contributed by atoms with Gasteiger partial charge in [0.1, 0.15) is 12.2 Å². The third kappa shape index (κ3) is 3.60. The fourth-order valence-electron chi connectivity index (χ4n) is 2.13. The molecule has 20 heavy (non-hydrogen) atoms. The molecule has 0 unspecified atom stereocenters. The van der Waals surface area contributed by atoms with E-state index in [1.165, 1.54) is 6.20 Å². The zero-order valence-electron chi connectivity index (χ0n) is 11.5. The van der Waals surface area contributed by atoms with Crippen LogP contribution in [0.1, 0.15) is 25.3 Å². The summed E-state index contributed by atoms with van der Waals surface area (Å²) in [7, 11) is 0. The van der Waals surface area contributed by atoms with Crippen molar-refractivity contribution < 1.29 is 9.53 Å². The summed E-state index contributed by atoms with van der Waals surface area (Å²) in [5.41, 5.74) is 0.517. The molecule has 0 atom stereocenters. The average Bonchev–Trinajstić information content (AvgIpc) is 2.49. The van der Waals surface area contributed by atoms with Crippen LogP contribution in [0.4, 0.5) is 4.79 Å². The van der Waals surface area contributed by atoms with E-state index < -0.39 is 0 Å². The van der Waals surface area contributed by atoms with Crippen molar-refractivity contribution in [2.75, 3.05) is 19.6 Å². The molecular formula is C14H18N4O2. The van der Waals surface area contributed by atoms with Crippen molar-refractivity contribution in [2.24, 2.45) is 0 Å². The van der Waals surface area contributed by atoms with Gasteiger partial charge < -0.3 is 15.0 Å². The Bertz CT molecular complexity index is 487. The quantitative estimate of drug-likeness (QED) is 0.906. The van der Waals surface area contributed by atoms with Gasteiger partial charge in [0.2, 0.25) is 5.88 Å². The van der Waals surface area contributed by atoms with Gasteiger partial charge in [0.25, 0.3) is 0 Å². The summed E-state index contributed by atoms with van der Waals surface area (Å²) in [6, 6.07) is 5.40. The zero-order valence-corrected chi connectivity index (χ0v) is 11.5. The van der Waals surface area contributed by atoms with Gasteiger partial charge in [0.15, 0.2) is 0 Å². The minimum absolute atomic E-state index is 0.0116. The van der Waals surface area contributed by atoms with Crippen molar-refractivity contribution in [1.82, 2.24) is 15.2 Å². The number of piperidine rings is 1. The van der Waals surface area contributed by atoms with Crippen molar-refractivity contribution in [1.29, 1.82) is 5.26 Å². The minimum atomic E-state index is -0.0116. The molecule has 1 N–H and O–H groups in total. The normalized spacial score (nSPS) is 15.5. The molecule has 6 nitrogen and oxygen atoms in total. The van der Waals surface area contributed by atoms with Crippen LogP contribution in [0.3, 0.4) is 0 Å². The van der Waals surface area contributed by atoms with Gasteiger partial charge in [-0.1, -0.05) is 0 Å². The smallest absolute Gasteiger partial charge is 0.317 e. The predicted octanol–water partition coefficient (Wildman–Crippen LogP) is 1.53. The van der Waals surface area contributed by atoms with Crippen molar-refractivity contribution >= 4 is 6.03 Å². The van der Waals surface area contributed by atoms with Crippen LogP contribution in [-0.2, 0) is 0 Å². The predicted molar refractivity (Wildman–Crippen MR) is 73.2 cm³/mol. The maximum Gasteiger partial charge on any atom is 0.317 e. The molecule has 1 aliphatic rings. The number of urea groups is 1. The van der Waals surface area contributed by atoms with Crippen LogP contribution in [0.2, 0.25) is 0 Å². The molecule has 0 spiro atoms. The Morgan fingerprint density at radius 3 is 2.85 bits per heavy atom. The van der Waals surface area contributed by atoms with E-state index in [9.17, 15) is 4.79 Å². The third-order valence-corrected chi connectivity index (χ3v) is 3.21. The highest BCUT2D eigenvalue weighted by atomic mass is 16.5. The molecule has 6 heteroatoms. The van der Waals surface area contributed by atoms with E-state index >= 15 is 0 Å². The number of hydrogen-bond donors (Lipinski definition) is 1. The molecule has 0 saturated carbocycles. The molecular weight excluding hydrogens is 256 g/mol. The Morgan fingerprint density at radius 2 is 2.30 bits per heavy atom. The molecule has 1 aromatic rings. The SMILES string of the molecule is CCNC(=O)N1CCC(Oc2ccc(C#N)cn2)CC1. The third-order valence-electron chi connectivity index (χ3n) is 3.21. The fraction of sp³-hybridized carbons (Fsp3) is 0.500. The van der Waals surface area contributed by atoms with Gasteiger partial charge >= 0.3 is 6.03 Å². The van der Waals surface area contributed by atoms with Crippen LogP contribution in [0.25, 0.3) is 0 Å². The molecule has 0 aliphatic carbocycles. The Balaban J connectivity index is 1.82. The summed E-state index contributed by atoms with van der Waals surface area (Å²) < 4.78 is 5.76. The summed E-state index contributed by atoms with van der Waals surface area (Å²) in [4.78, 5) is 17.6. The second-order valence-corrected chi connectivity index (χ2v) is 4.64. The van der Waals surface area contributed by atoms with E-state index in [1.54, 1.807) is 17.0 Å². The number of aromatic nitrogens is 1. The lowest BCUT2D eigenvalue weighted by atomic mass is 10.1. The topological polar surface area (TPSA) is 78.3 Å². The average molecular weight is 274 g/mol. The van der Waals surface area contributed by atoms with Crippen LogP contribution in [0.15, 0.2) is 18.3 Å². The zero-order chi connectivity index (χ0) is 14.4. The Labute approximate surface area is 118 Å². The van der Waals surface area contributed by atoms with Crippen LogP contribution in [0, 0.1) is 11.3 Å². The van der Waals surface area contributed by atoms with E-state index in [0.29, 0.717) is 31.1 Å². The molecule has 2 amide bonds. The van der Waals surface area contributed by atoms with Gasteiger partial charge in [0.05, 0.1) is 5.56 Å². The van der Waals surface area contributed by atoms with E-state index in [-0.39, 0.29) is 12.1 Å². The number of likely N-dealkylation sites (tertiary alicyclic amines) is 1. The molecule has 0 bridgehead atoms. The second-order valence-electron chi connectivity index (χ2n) is 4.64. The van der Waals surface area contributed by atoms with Crippen LogP contribution in [-0.4, -0.2) is 41.7 Å². The van der Waals surface area contributed by atoms with E-state index in [1.807, 2.05) is 13.0 Å². The van der Waals surface area contributed by atoms with Gasteiger partial charge in [-0.2, -0.15) is 5.26 Å². The summed E-state index contributed by atoms with van der Waals surface area (Å²) in [6.45, 7) is 3.92. The monoisotopic (exact) mass is 274 g/mol. The highest BCUT2D eigenvalue weighted by Crippen LogP contribution is 2.17. The van der Waals surface area contributed by atoms with Crippen LogP contribution in [0.5, 0.6) is 5.88 Å². The Morgan fingerprint density at radius 1 is 1.55 bits per heavy atom. The first kappa shape index (κ1) is 14.1. The lowest BCUT2D eigenvalue weighted by molar-refractivity contribution is 0.107. The summed E-state index contributed by atoms with van der Waals surface area (Å²) in [6.07, 6.45) is 3.15. The lowest BCUT2D eigenvalue weighted by Gasteiger charge is -2.31. The largest absolute Gasteiger partial charge is 0.474 e. The number of ether oxygens (including phenoxy) is 1. The van der Waals surface area contributed by atoms with Gasteiger partial charge in [-0.15, -0.1) is 0 Å². The number of nitriles is 1. The summed E-state index contributed by atoms with van der Waals surface area (Å²) in [5, 5.41) is 11.5.